The predicted octanol–water partition coefficient (Wildman–Crippen LogP) is 4.09. The summed E-state index contributed by atoms with van der Waals surface area (Å²) in [5.41, 5.74) is -0.862. The summed E-state index contributed by atoms with van der Waals surface area (Å²) < 4.78 is 72.7. The lowest BCUT2D eigenvalue weighted by Gasteiger charge is -2.39. The fourth-order valence-electron chi connectivity index (χ4n) is 3.64. The summed E-state index contributed by atoms with van der Waals surface area (Å²) in [7, 11) is 0. The van der Waals surface area contributed by atoms with Gasteiger partial charge < -0.3 is 9.64 Å². The number of alkyl halides is 5. The van der Waals surface area contributed by atoms with Crippen LogP contribution in [-0.2, 0) is 10.7 Å². The van der Waals surface area contributed by atoms with Gasteiger partial charge in [0, 0.05) is 24.1 Å². The van der Waals surface area contributed by atoms with Crippen molar-refractivity contribution in [3.8, 4) is 5.75 Å². The smallest absolute Gasteiger partial charge is 0.458 e. The summed E-state index contributed by atoms with van der Waals surface area (Å²) in [6.45, 7) is 4.50. The zero-order valence-corrected chi connectivity index (χ0v) is 15.4. The number of hydroxylamine groups is 1. The molecule has 0 saturated carbocycles. The minimum absolute atomic E-state index is 0.00539. The van der Waals surface area contributed by atoms with Crippen LogP contribution >= 0.6 is 0 Å². The van der Waals surface area contributed by atoms with Gasteiger partial charge in [-0.25, -0.2) is 0 Å². The molecule has 1 aromatic rings. The van der Waals surface area contributed by atoms with Crippen molar-refractivity contribution in [1.82, 2.24) is 10.4 Å². The van der Waals surface area contributed by atoms with E-state index in [0.717, 1.165) is 13.0 Å². The van der Waals surface area contributed by atoms with Crippen LogP contribution in [0.3, 0.4) is 0 Å². The van der Waals surface area contributed by atoms with Crippen molar-refractivity contribution < 1.29 is 36.7 Å². The van der Waals surface area contributed by atoms with Crippen molar-refractivity contribution in [2.75, 3.05) is 6.54 Å². The average Bonchev–Trinajstić information content (AvgIpc) is 2.97. The van der Waals surface area contributed by atoms with Crippen LogP contribution in [0.1, 0.15) is 43.4 Å². The van der Waals surface area contributed by atoms with E-state index in [4.69, 9.17) is 4.74 Å². The van der Waals surface area contributed by atoms with Crippen LogP contribution in [-0.4, -0.2) is 34.3 Å². The molecule has 1 aromatic carbocycles. The van der Waals surface area contributed by atoms with E-state index >= 15 is 0 Å². The van der Waals surface area contributed by atoms with E-state index in [1.165, 1.54) is 4.90 Å². The maximum Gasteiger partial charge on any atom is 0.458 e. The number of nitrogens with one attached hydrogen (secondary N) is 1. The molecule has 0 radical (unpaired) electrons. The number of benzene rings is 1. The third kappa shape index (κ3) is 2.90. The van der Waals surface area contributed by atoms with Gasteiger partial charge in [-0.05, 0) is 44.9 Å². The highest BCUT2D eigenvalue weighted by Gasteiger charge is 2.59. The quantitative estimate of drug-likeness (QED) is 0.586. The van der Waals surface area contributed by atoms with Gasteiger partial charge in [-0.15, -0.1) is 0 Å². The molecule has 1 saturated heterocycles. The molecule has 0 spiro atoms. The first-order chi connectivity index (χ1) is 12.8. The molecule has 10 heteroatoms. The van der Waals surface area contributed by atoms with Crippen LogP contribution < -0.4 is 10.2 Å². The number of amides is 1. The molecule has 0 aromatic heterocycles. The zero-order chi connectivity index (χ0) is 21.1. The minimum atomic E-state index is -5.79. The van der Waals surface area contributed by atoms with Gasteiger partial charge in [-0.3, -0.25) is 15.5 Å². The van der Waals surface area contributed by atoms with Gasteiger partial charge in [-0.1, -0.05) is 0 Å². The molecule has 1 amide bonds. The second-order valence-corrected chi connectivity index (χ2v) is 7.28. The first kappa shape index (κ1) is 20.4. The van der Waals surface area contributed by atoms with Gasteiger partial charge >= 0.3 is 12.1 Å². The molecule has 2 aliphatic heterocycles. The molecule has 5 nitrogen and oxygen atoms in total. The highest BCUT2D eigenvalue weighted by molar-refractivity contribution is 5.92. The van der Waals surface area contributed by atoms with Crippen LogP contribution in [0.2, 0.25) is 0 Å². The van der Waals surface area contributed by atoms with E-state index in [0.29, 0.717) is 12.5 Å². The Morgan fingerprint density at radius 1 is 1.21 bits per heavy atom. The lowest BCUT2D eigenvalue weighted by atomic mass is 9.88. The van der Waals surface area contributed by atoms with Crippen molar-refractivity contribution in [2.24, 2.45) is 0 Å². The molecule has 28 heavy (non-hydrogen) atoms. The van der Waals surface area contributed by atoms with E-state index in [9.17, 15) is 32.0 Å². The average molecular weight is 406 g/mol. The molecular formula is C18H19F5N2O3. The van der Waals surface area contributed by atoms with E-state index in [-0.39, 0.29) is 47.1 Å². The fraction of sp³-hybridized carbons (Fsp3) is 0.500. The Kier molecular flexibility index (Phi) is 4.61. The van der Waals surface area contributed by atoms with Crippen molar-refractivity contribution in [3.63, 3.8) is 0 Å². The monoisotopic (exact) mass is 406 g/mol. The predicted molar refractivity (Wildman–Crippen MR) is 88.6 cm³/mol. The molecule has 2 N–H and O–H groups in total. The van der Waals surface area contributed by atoms with E-state index in [2.05, 4.69) is 0 Å². The van der Waals surface area contributed by atoms with Crippen LogP contribution in [0.5, 0.6) is 5.75 Å². The van der Waals surface area contributed by atoms with Crippen molar-refractivity contribution in [1.29, 1.82) is 0 Å². The Balaban J connectivity index is 2.32. The fourth-order valence-corrected chi connectivity index (χ4v) is 3.64. The van der Waals surface area contributed by atoms with E-state index in [1.54, 1.807) is 13.8 Å². The Hall–Kier alpha value is -2.36. The van der Waals surface area contributed by atoms with Gasteiger partial charge in [0.15, 0.2) is 0 Å². The normalized spacial score (nSPS) is 19.6. The maximum absolute atomic E-state index is 14.1. The number of nitrogens with zero attached hydrogens (tertiary/aromatic N) is 1. The van der Waals surface area contributed by atoms with Crippen molar-refractivity contribution >= 4 is 11.6 Å². The largest absolute Gasteiger partial charge is 0.481 e. The first-order valence-electron chi connectivity index (χ1n) is 8.56. The van der Waals surface area contributed by atoms with Gasteiger partial charge in [-0.2, -0.15) is 22.0 Å². The number of ether oxygens (including phenoxy) is 1. The van der Waals surface area contributed by atoms with Gasteiger partial charge in [0.05, 0.1) is 5.70 Å². The summed E-state index contributed by atoms with van der Waals surface area (Å²) in [5.74, 6) is -5.36. The van der Waals surface area contributed by atoms with E-state index in [1.807, 2.05) is 5.48 Å². The molecule has 2 aliphatic rings. The molecule has 0 bridgehead atoms. The molecule has 154 valence electrons. The van der Waals surface area contributed by atoms with Gasteiger partial charge in [0.1, 0.15) is 17.0 Å². The standard InChI is InChI=1S/C18H19F5N2O3/c1-9-10(17(19,20)18(21,22)23)6-7-11-13(9)14(25-8-4-5-12(25)26)15(24-27)16(2,3)28-11/h6-7,24,27H,4-5,8H2,1-3H3. The number of hydrogen-bond donors (Lipinski definition) is 2. The molecular weight excluding hydrogens is 387 g/mol. The Bertz CT molecular complexity index is 862. The van der Waals surface area contributed by atoms with Crippen LogP contribution in [0.25, 0.3) is 5.70 Å². The van der Waals surface area contributed by atoms with Crippen molar-refractivity contribution in [2.45, 2.75) is 51.3 Å². The first-order valence-corrected chi connectivity index (χ1v) is 8.56. The highest BCUT2D eigenvalue weighted by Crippen LogP contribution is 2.50. The lowest BCUT2D eigenvalue weighted by Crippen LogP contribution is -2.44. The Morgan fingerprint density at radius 2 is 1.86 bits per heavy atom. The molecule has 0 aliphatic carbocycles. The minimum Gasteiger partial charge on any atom is -0.481 e. The summed E-state index contributed by atoms with van der Waals surface area (Å²) in [6, 6.07) is 1.71. The number of halogens is 5. The summed E-state index contributed by atoms with van der Waals surface area (Å²) >= 11 is 0. The number of rotatable bonds is 3. The number of carbonyl (C=O) groups is 1. The summed E-state index contributed by atoms with van der Waals surface area (Å²) in [4.78, 5) is 13.6. The summed E-state index contributed by atoms with van der Waals surface area (Å²) in [5, 5.41) is 9.66. The van der Waals surface area contributed by atoms with Crippen LogP contribution in [0.4, 0.5) is 22.0 Å². The van der Waals surface area contributed by atoms with Gasteiger partial charge in [0.25, 0.3) is 0 Å². The number of likely N-dealkylation sites (tertiary alicyclic amines) is 1. The molecule has 0 unspecified atom stereocenters. The second-order valence-electron chi connectivity index (χ2n) is 7.28. The van der Waals surface area contributed by atoms with Crippen molar-refractivity contribution in [3.05, 3.63) is 34.5 Å². The molecule has 2 heterocycles. The third-order valence-corrected chi connectivity index (χ3v) is 5.02. The van der Waals surface area contributed by atoms with Gasteiger partial charge in [0.2, 0.25) is 5.91 Å². The lowest BCUT2D eigenvalue weighted by molar-refractivity contribution is -0.289. The van der Waals surface area contributed by atoms with Crippen LogP contribution in [0, 0.1) is 6.92 Å². The topological polar surface area (TPSA) is 61.8 Å². The summed E-state index contributed by atoms with van der Waals surface area (Å²) in [6.07, 6.45) is -5.09. The number of fused-ring (bicyclic) bond motifs is 1. The zero-order valence-electron chi connectivity index (χ0n) is 15.4. The second kappa shape index (κ2) is 6.33. The highest BCUT2D eigenvalue weighted by atomic mass is 19.4. The number of carbonyl (C=O) groups excluding carboxylic acids is 1. The maximum atomic E-state index is 14.1. The van der Waals surface area contributed by atoms with Crippen LogP contribution in [0.15, 0.2) is 17.8 Å². The third-order valence-electron chi connectivity index (χ3n) is 5.02. The SMILES string of the molecule is Cc1c(C(F)(F)C(F)(F)F)ccc2c1C(N1CCCC1=O)=C(NO)C(C)(C)O2. The molecule has 0 atom stereocenters. The molecule has 3 rings (SSSR count). The van der Waals surface area contributed by atoms with E-state index < -0.39 is 23.3 Å². The Labute approximate surface area is 157 Å². The molecule has 1 fully saturated rings. The number of hydrogen-bond acceptors (Lipinski definition) is 4. The Morgan fingerprint density at radius 3 is 2.36 bits per heavy atom.